The molecule has 0 spiro atoms. The Morgan fingerprint density at radius 3 is 2.78 bits per heavy atom. The minimum Gasteiger partial charge on any atom is -0.443 e. The van der Waals surface area contributed by atoms with Crippen LogP contribution in [0.2, 0.25) is 0 Å². The van der Waals surface area contributed by atoms with E-state index < -0.39 is 22.9 Å². The topological polar surface area (TPSA) is 95.9 Å². The molecule has 1 aliphatic rings. The molecule has 0 radical (unpaired) electrons. The molecule has 0 N–H and O–H groups in total. The van der Waals surface area contributed by atoms with Crippen LogP contribution in [0, 0.1) is 0 Å². The molecule has 0 aliphatic carbocycles. The summed E-state index contributed by atoms with van der Waals surface area (Å²) in [5, 5.41) is 1.08. The molecule has 1 atom stereocenters. The zero-order chi connectivity index (χ0) is 17.0. The van der Waals surface area contributed by atoms with Gasteiger partial charge in [-0.25, -0.2) is 4.79 Å². The highest BCUT2D eigenvalue weighted by Crippen LogP contribution is 2.43. The minimum absolute atomic E-state index is 0.0934. The molecule has 1 unspecified atom stereocenters. The number of carbonyl (C=O) groups is 2. The second kappa shape index (κ2) is 6.76. The molecule has 7 nitrogen and oxygen atoms in total. The Hall–Kier alpha value is -2.44. The number of ketones is 1. The van der Waals surface area contributed by atoms with Gasteiger partial charge in [0.25, 0.3) is 5.78 Å². The predicted octanol–water partition coefficient (Wildman–Crippen LogP) is 2.78. The number of carbonyl (C=O) groups excluding carboxylic acids is 2. The molecular weight excluding hydrogens is 316 g/mol. The van der Waals surface area contributed by atoms with E-state index in [1.54, 1.807) is 44.6 Å². The molecule has 120 valence electrons. The van der Waals surface area contributed by atoms with Gasteiger partial charge in [0, 0.05) is 23.4 Å². The highest BCUT2D eigenvalue weighted by Gasteiger charge is 2.39. The normalized spacial score (nSPS) is 17.3. The van der Waals surface area contributed by atoms with Crippen LogP contribution in [0.5, 0.6) is 0 Å². The van der Waals surface area contributed by atoms with Crippen LogP contribution in [0.15, 0.2) is 35.6 Å². The second-order valence-corrected chi connectivity index (χ2v) is 6.69. The molecule has 1 aromatic rings. The van der Waals surface area contributed by atoms with Crippen LogP contribution in [0.1, 0.15) is 31.7 Å². The van der Waals surface area contributed by atoms with E-state index in [9.17, 15) is 9.59 Å². The number of hydrogen-bond donors (Lipinski definition) is 0. The van der Waals surface area contributed by atoms with Gasteiger partial charge in [0.15, 0.2) is 0 Å². The number of hydrogen-bond acceptors (Lipinski definition) is 5. The highest BCUT2D eigenvalue weighted by molar-refractivity contribution is 8.02. The molecule has 1 amide bonds. The first-order valence-corrected chi connectivity index (χ1v) is 7.77. The van der Waals surface area contributed by atoms with Crippen molar-refractivity contribution in [1.29, 1.82) is 0 Å². The second-order valence-electron chi connectivity index (χ2n) is 5.74. The van der Waals surface area contributed by atoms with Gasteiger partial charge in [0.05, 0.1) is 0 Å². The van der Waals surface area contributed by atoms with Crippen LogP contribution >= 0.6 is 11.8 Å². The van der Waals surface area contributed by atoms with E-state index >= 15 is 0 Å². The fraction of sp³-hybridized carbons (Fsp3) is 0.333. The summed E-state index contributed by atoms with van der Waals surface area (Å²) in [6.07, 6.45) is 3.34. The van der Waals surface area contributed by atoms with E-state index in [0.717, 1.165) is 11.8 Å². The van der Waals surface area contributed by atoms with E-state index in [0.29, 0.717) is 0 Å². The van der Waals surface area contributed by atoms with Gasteiger partial charge in [-0.1, -0.05) is 6.07 Å². The van der Waals surface area contributed by atoms with Gasteiger partial charge in [-0.15, -0.1) is 11.8 Å². The summed E-state index contributed by atoms with van der Waals surface area (Å²) in [5.74, 6) is -0.586. The van der Waals surface area contributed by atoms with Crippen LogP contribution in [-0.2, 0) is 9.53 Å². The van der Waals surface area contributed by atoms with Gasteiger partial charge in [-0.05, 0) is 26.8 Å². The van der Waals surface area contributed by atoms with Crippen LogP contribution < -0.4 is 0 Å². The fourth-order valence-electron chi connectivity index (χ4n) is 1.92. The number of ether oxygens (including phenoxy) is 1. The predicted molar refractivity (Wildman–Crippen MR) is 85.4 cm³/mol. The summed E-state index contributed by atoms with van der Waals surface area (Å²) in [7, 11) is 0. The average molecular weight is 332 g/mol. The maximum atomic E-state index is 12.5. The molecule has 0 saturated carbocycles. The van der Waals surface area contributed by atoms with E-state index in [4.69, 9.17) is 10.3 Å². The van der Waals surface area contributed by atoms with Crippen molar-refractivity contribution >= 4 is 29.9 Å². The molecule has 23 heavy (non-hydrogen) atoms. The summed E-state index contributed by atoms with van der Waals surface area (Å²) >= 11 is 1.28. The van der Waals surface area contributed by atoms with Gasteiger partial charge in [-0.3, -0.25) is 14.7 Å². The number of Topliss-reactive ketones (excluding diaryl/α,β-unsaturated/α-hetero) is 1. The van der Waals surface area contributed by atoms with Crippen molar-refractivity contribution in [3.05, 3.63) is 46.7 Å². The maximum Gasteiger partial charge on any atom is 0.416 e. The molecule has 0 saturated heterocycles. The smallest absolute Gasteiger partial charge is 0.416 e. The van der Waals surface area contributed by atoms with Crippen LogP contribution in [0.25, 0.3) is 5.53 Å². The lowest BCUT2D eigenvalue weighted by atomic mass is 10.2. The molecule has 2 rings (SSSR count). The maximum absolute atomic E-state index is 12.5. The molecule has 1 aliphatic heterocycles. The summed E-state index contributed by atoms with van der Waals surface area (Å²) < 4.78 is 5.39. The van der Waals surface area contributed by atoms with Crippen molar-refractivity contribution in [3.63, 3.8) is 0 Å². The standard InChI is InChI=1S/C15H16N4O3S/c1-15(2,3)22-14(21)19-11(12(20)8-18-16)9-23-13(19)10-5-4-6-17-7-10/h4-9,13H,1-3H3. The third-order valence-electron chi connectivity index (χ3n) is 2.79. The zero-order valence-electron chi connectivity index (χ0n) is 13.0. The Morgan fingerprint density at radius 1 is 1.48 bits per heavy atom. The van der Waals surface area contributed by atoms with Gasteiger partial charge < -0.3 is 10.3 Å². The first kappa shape index (κ1) is 16.9. The fourth-order valence-corrected chi connectivity index (χ4v) is 3.03. The van der Waals surface area contributed by atoms with E-state index in [1.165, 1.54) is 16.7 Å². The van der Waals surface area contributed by atoms with Crippen LogP contribution in [0.3, 0.4) is 0 Å². The molecule has 2 heterocycles. The van der Waals surface area contributed by atoms with Crippen molar-refractivity contribution in [2.75, 3.05) is 0 Å². The number of aromatic nitrogens is 1. The third-order valence-corrected chi connectivity index (χ3v) is 3.89. The Kier molecular flexibility index (Phi) is 4.98. The first-order valence-electron chi connectivity index (χ1n) is 6.83. The van der Waals surface area contributed by atoms with Crippen molar-refractivity contribution in [3.8, 4) is 0 Å². The van der Waals surface area contributed by atoms with Crippen LogP contribution in [-0.4, -0.2) is 38.4 Å². The van der Waals surface area contributed by atoms with Crippen molar-refractivity contribution in [2.24, 2.45) is 0 Å². The number of allylic oxidation sites excluding steroid dienone is 1. The Morgan fingerprint density at radius 2 is 2.22 bits per heavy atom. The van der Waals surface area contributed by atoms with Gasteiger partial charge in [-0.2, -0.15) is 4.79 Å². The molecule has 8 heteroatoms. The van der Waals surface area contributed by atoms with E-state index in [-0.39, 0.29) is 5.70 Å². The third kappa shape index (κ3) is 4.06. The Balaban J connectivity index is 2.36. The summed E-state index contributed by atoms with van der Waals surface area (Å²) in [5.41, 5.74) is 8.70. The summed E-state index contributed by atoms with van der Waals surface area (Å²) in [6.45, 7) is 5.23. The lowest BCUT2D eigenvalue weighted by Gasteiger charge is -2.29. The quantitative estimate of drug-likeness (QED) is 0.482. The summed E-state index contributed by atoms with van der Waals surface area (Å²) in [6, 6.07) is 3.56. The monoisotopic (exact) mass is 332 g/mol. The number of amides is 1. The molecule has 0 aromatic carbocycles. The van der Waals surface area contributed by atoms with Crippen LogP contribution in [0.4, 0.5) is 4.79 Å². The van der Waals surface area contributed by atoms with Crippen molar-refractivity contribution < 1.29 is 19.1 Å². The highest BCUT2D eigenvalue weighted by atomic mass is 32.2. The molecule has 0 bridgehead atoms. The minimum atomic E-state index is -0.705. The first-order chi connectivity index (χ1) is 10.8. The Bertz CT molecular complexity index is 690. The Labute approximate surface area is 138 Å². The van der Waals surface area contributed by atoms with Gasteiger partial charge in [0.2, 0.25) is 0 Å². The van der Waals surface area contributed by atoms with Gasteiger partial charge in [0.1, 0.15) is 16.7 Å². The summed E-state index contributed by atoms with van der Waals surface area (Å²) in [4.78, 5) is 32.6. The van der Waals surface area contributed by atoms with Crippen molar-refractivity contribution in [1.82, 2.24) is 9.88 Å². The number of pyridine rings is 1. The average Bonchev–Trinajstić information content (AvgIpc) is 2.91. The van der Waals surface area contributed by atoms with E-state index in [2.05, 4.69) is 9.77 Å². The molecule has 0 fully saturated rings. The number of rotatable bonds is 3. The SMILES string of the molecule is CC(C)(C)OC(=O)N1C(C(=O)C=[N+]=[N-])=CSC1c1cccnc1. The largest absolute Gasteiger partial charge is 0.443 e. The molecule has 1 aromatic heterocycles. The lowest BCUT2D eigenvalue weighted by Crippen LogP contribution is -2.38. The number of nitrogens with zero attached hydrogens (tertiary/aromatic N) is 4. The lowest BCUT2D eigenvalue weighted by molar-refractivity contribution is -0.114. The van der Waals surface area contributed by atoms with Crippen molar-refractivity contribution in [2.45, 2.75) is 31.7 Å². The number of thioether (sulfide) groups is 1. The van der Waals surface area contributed by atoms with Gasteiger partial charge >= 0.3 is 12.3 Å². The zero-order valence-corrected chi connectivity index (χ0v) is 13.8. The van der Waals surface area contributed by atoms with E-state index in [1.807, 2.05) is 6.07 Å². The molecular formula is C15H16N4O3S.